The van der Waals surface area contributed by atoms with Crippen LogP contribution in [-0.2, 0) is 7.05 Å². The first-order chi connectivity index (χ1) is 15.1. The van der Waals surface area contributed by atoms with Crippen molar-refractivity contribution >= 4 is 11.9 Å². The summed E-state index contributed by atoms with van der Waals surface area (Å²) < 4.78 is 1.58. The molecule has 31 heavy (non-hydrogen) atoms. The zero-order chi connectivity index (χ0) is 21.8. The average Bonchev–Trinajstić information content (AvgIpc) is 3.28. The van der Waals surface area contributed by atoms with Crippen LogP contribution in [0.4, 0.5) is 5.95 Å². The minimum Gasteiger partial charge on any atom is -0.340 e. The molecule has 1 aromatic carbocycles. The second-order valence-corrected chi connectivity index (χ2v) is 7.77. The number of rotatable bonds is 6. The van der Waals surface area contributed by atoms with Crippen molar-refractivity contribution in [3.8, 4) is 11.3 Å². The van der Waals surface area contributed by atoms with E-state index in [1.807, 2.05) is 54.3 Å². The quantitative estimate of drug-likeness (QED) is 0.617. The number of hydrogen-bond donors (Lipinski definition) is 0. The van der Waals surface area contributed by atoms with Crippen LogP contribution in [0.3, 0.4) is 0 Å². The summed E-state index contributed by atoms with van der Waals surface area (Å²) in [6, 6.07) is 14.7. The minimum absolute atomic E-state index is 0.0616. The fourth-order valence-electron chi connectivity index (χ4n) is 4.13. The normalized spacial score (nSPS) is 15.8. The van der Waals surface area contributed by atoms with Crippen LogP contribution in [0.25, 0.3) is 11.3 Å². The number of likely N-dealkylation sites (N-methyl/N-ethyl adjacent to an activating group) is 1. The van der Waals surface area contributed by atoms with Gasteiger partial charge in [0.15, 0.2) is 0 Å². The van der Waals surface area contributed by atoms with E-state index in [0.717, 1.165) is 24.9 Å². The highest BCUT2D eigenvalue weighted by atomic mass is 16.2. The molecule has 1 atom stereocenters. The van der Waals surface area contributed by atoms with Crippen LogP contribution in [0.15, 0.2) is 65.7 Å². The van der Waals surface area contributed by atoms with Gasteiger partial charge in [-0.05, 0) is 44.0 Å². The van der Waals surface area contributed by atoms with Crippen LogP contribution in [0.2, 0.25) is 0 Å². The molecule has 7 heteroatoms. The molecule has 1 saturated heterocycles. The molecular weight excluding hydrogens is 390 g/mol. The van der Waals surface area contributed by atoms with E-state index < -0.39 is 0 Å². The van der Waals surface area contributed by atoms with Crippen molar-refractivity contribution in [1.82, 2.24) is 19.4 Å². The van der Waals surface area contributed by atoms with Crippen LogP contribution in [0.1, 0.15) is 30.1 Å². The third-order valence-corrected chi connectivity index (χ3v) is 5.84. The van der Waals surface area contributed by atoms with E-state index in [0.29, 0.717) is 30.3 Å². The monoisotopic (exact) mass is 417 g/mol. The topological polar surface area (TPSA) is 71.3 Å². The molecular formula is C24H27N5O2. The van der Waals surface area contributed by atoms with E-state index in [1.54, 1.807) is 30.1 Å². The van der Waals surface area contributed by atoms with Crippen molar-refractivity contribution in [2.24, 2.45) is 7.05 Å². The largest absolute Gasteiger partial charge is 0.340 e. The molecule has 3 heterocycles. The summed E-state index contributed by atoms with van der Waals surface area (Å²) in [5, 5.41) is 0. The lowest BCUT2D eigenvalue weighted by atomic mass is 10.1. The molecule has 2 aromatic heterocycles. The van der Waals surface area contributed by atoms with Crippen molar-refractivity contribution in [3.05, 3.63) is 76.8 Å². The Labute approximate surface area is 182 Å². The Morgan fingerprint density at radius 1 is 1.16 bits per heavy atom. The summed E-state index contributed by atoms with van der Waals surface area (Å²) in [7, 11) is 1.74. The number of carbonyl (C=O) groups is 1. The first-order valence-electron chi connectivity index (χ1n) is 10.7. The zero-order valence-electron chi connectivity index (χ0n) is 17.9. The second-order valence-electron chi connectivity index (χ2n) is 7.77. The lowest BCUT2D eigenvalue weighted by molar-refractivity contribution is 0.0740. The van der Waals surface area contributed by atoms with Gasteiger partial charge in [0.05, 0.1) is 5.69 Å². The summed E-state index contributed by atoms with van der Waals surface area (Å²) in [5.74, 6) is 0.673. The number of benzene rings is 1. The predicted octanol–water partition coefficient (Wildman–Crippen LogP) is 2.97. The molecule has 0 saturated carbocycles. The third-order valence-electron chi connectivity index (χ3n) is 5.84. The van der Waals surface area contributed by atoms with Crippen molar-refractivity contribution in [2.45, 2.75) is 25.8 Å². The first kappa shape index (κ1) is 20.8. The van der Waals surface area contributed by atoms with E-state index in [2.05, 4.69) is 9.88 Å². The highest BCUT2D eigenvalue weighted by Crippen LogP contribution is 2.24. The van der Waals surface area contributed by atoms with Gasteiger partial charge >= 0.3 is 0 Å². The maximum absolute atomic E-state index is 13.1. The lowest BCUT2D eigenvalue weighted by Crippen LogP contribution is -2.45. The third kappa shape index (κ3) is 4.35. The first-order valence-corrected chi connectivity index (χ1v) is 10.7. The number of nitrogens with zero attached hydrogens (tertiary/aromatic N) is 5. The number of likely N-dealkylation sites (tertiary alicyclic amines) is 1. The van der Waals surface area contributed by atoms with E-state index >= 15 is 0 Å². The fourth-order valence-corrected chi connectivity index (χ4v) is 4.13. The number of aromatic nitrogens is 3. The number of pyridine rings is 1. The van der Waals surface area contributed by atoms with Crippen LogP contribution in [0.5, 0.6) is 0 Å². The van der Waals surface area contributed by atoms with Gasteiger partial charge in [0.2, 0.25) is 5.95 Å². The molecule has 160 valence electrons. The highest BCUT2D eigenvalue weighted by molar-refractivity contribution is 5.94. The predicted molar refractivity (Wildman–Crippen MR) is 121 cm³/mol. The van der Waals surface area contributed by atoms with Crippen LogP contribution < -0.4 is 10.5 Å². The molecule has 3 aromatic rings. The summed E-state index contributed by atoms with van der Waals surface area (Å²) in [6.07, 6.45) is 5.30. The van der Waals surface area contributed by atoms with Gasteiger partial charge in [-0.2, -0.15) is 0 Å². The molecule has 0 radical (unpaired) electrons. The summed E-state index contributed by atoms with van der Waals surface area (Å²) in [6.45, 7) is 4.11. The molecule has 1 aliphatic heterocycles. The van der Waals surface area contributed by atoms with E-state index in [9.17, 15) is 9.59 Å². The molecule has 1 amide bonds. The average molecular weight is 418 g/mol. The van der Waals surface area contributed by atoms with Crippen molar-refractivity contribution in [1.29, 1.82) is 0 Å². The molecule has 7 nitrogen and oxygen atoms in total. The Balaban J connectivity index is 1.61. The Hall–Kier alpha value is -3.48. The summed E-state index contributed by atoms with van der Waals surface area (Å²) in [5.41, 5.74) is 2.08. The Morgan fingerprint density at radius 3 is 2.61 bits per heavy atom. The highest BCUT2D eigenvalue weighted by Gasteiger charge is 2.31. The molecule has 4 rings (SSSR count). The maximum Gasteiger partial charge on any atom is 0.255 e. The number of anilines is 1. The molecule has 0 unspecified atom stereocenters. The van der Waals surface area contributed by atoms with Crippen molar-refractivity contribution in [3.63, 3.8) is 0 Å². The summed E-state index contributed by atoms with van der Waals surface area (Å²) >= 11 is 0. The van der Waals surface area contributed by atoms with Gasteiger partial charge in [0, 0.05) is 62.3 Å². The van der Waals surface area contributed by atoms with Crippen molar-refractivity contribution < 1.29 is 4.79 Å². The van der Waals surface area contributed by atoms with E-state index in [4.69, 9.17) is 4.98 Å². The molecule has 0 bridgehead atoms. The van der Waals surface area contributed by atoms with E-state index in [1.165, 1.54) is 0 Å². The van der Waals surface area contributed by atoms with Gasteiger partial charge in [-0.1, -0.05) is 18.2 Å². The van der Waals surface area contributed by atoms with E-state index in [-0.39, 0.29) is 17.5 Å². The molecule has 0 spiro atoms. The molecule has 1 aliphatic rings. The van der Waals surface area contributed by atoms with Gasteiger partial charge in [0.1, 0.15) is 0 Å². The number of amides is 1. The molecule has 0 N–H and O–H groups in total. The standard InChI is InChI=1S/C24H27N5O2/c1-3-28(17-20-10-7-15-29(20)23(31)19-8-5-4-6-9-19)24-26-21(16-22(30)27(24)2)18-11-13-25-14-12-18/h4-6,8-9,11-14,16,20H,3,7,10,15,17H2,1-2H3/t20-/m1/s1. The molecule has 1 fully saturated rings. The number of hydrogen-bond acceptors (Lipinski definition) is 5. The smallest absolute Gasteiger partial charge is 0.255 e. The van der Waals surface area contributed by atoms with Crippen LogP contribution >= 0.6 is 0 Å². The summed E-state index contributed by atoms with van der Waals surface area (Å²) in [4.78, 5) is 38.6. The fraction of sp³-hybridized carbons (Fsp3) is 0.333. The Morgan fingerprint density at radius 2 is 1.90 bits per heavy atom. The lowest BCUT2D eigenvalue weighted by Gasteiger charge is -2.31. The minimum atomic E-state index is -0.112. The van der Waals surface area contributed by atoms with Gasteiger partial charge in [-0.25, -0.2) is 4.98 Å². The Kier molecular flexibility index (Phi) is 6.11. The number of carbonyl (C=O) groups excluding carboxylic acids is 1. The second kappa shape index (κ2) is 9.12. The SMILES string of the molecule is CCN(C[C@H]1CCCN1C(=O)c1ccccc1)c1nc(-c2ccncc2)cc(=O)n1C. The molecule has 0 aliphatic carbocycles. The van der Waals surface area contributed by atoms with Gasteiger partial charge < -0.3 is 9.80 Å². The Bertz CT molecular complexity index is 1100. The van der Waals surface area contributed by atoms with Crippen LogP contribution in [0, 0.1) is 0 Å². The van der Waals surface area contributed by atoms with Crippen molar-refractivity contribution in [2.75, 3.05) is 24.5 Å². The zero-order valence-corrected chi connectivity index (χ0v) is 17.9. The van der Waals surface area contributed by atoms with Gasteiger partial charge in [0.25, 0.3) is 11.5 Å². The van der Waals surface area contributed by atoms with Crippen LogP contribution in [-0.4, -0.2) is 51.0 Å². The van der Waals surface area contributed by atoms with Gasteiger partial charge in [-0.15, -0.1) is 0 Å². The van der Waals surface area contributed by atoms with Gasteiger partial charge in [-0.3, -0.25) is 19.1 Å². The maximum atomic E-state index is 13.1.